The van der Waals surface area contributed by atoms with Gasteiger partial charge in [0, 0.05) is 0 Å². The minimum Gasteiger partial charge on any atom is -0.483 e. The minimum atomic E-state index is -0.151. The topological polar surface area (TPSA) is 69.0 Å². The zero-order valence-corrected chi connectivity index (χ0v) is 16.7. The average Bonchev–Trinajstić information content (AvgIpc) is 3.22. The Labute approximate surface area is 165 Å². The minimum absolute atomic E-state index is 0.0102. The first kappa shape index (κ1) is 19.6. The molecule has 1 atom stereocenters. The van der Waals surface area contributed by atoms with E-state index in [4.69, 9.17) is 4.74 Å². The van der Waals surface area contributed by atoms with Gasteiger partial charge in [0.15, 0.2) is 6.61 Å². The normalized spacial score (nSPS) is 12.0. The van der Waals surface area contributed by atoms with Crippen molar-refractivity contribution in [1.82, 2.24) is 20.1 Å². The molecule has 28 heavy (non-hydrogen) atoms. The predicted octanol–water partition coefficient (Wildman–Crippen LogP) is 3.96. The zero-order valence-electron chi connectivity index (χ0n) is 16.7. The third kappa shape index (κ3) is 4.76. The summed E-state index contributed by atoms with van der Waals surface area (Å²) in [4.78, 5) is 16.3. The Bertz CT molecular complexity index is 918. The second-order valence-corrected chi connectivity index (χ2v) is 7.19. The summed E-state index contributed by atoms with van der Waals surface area (Å²) in [6.07, 6.45) is 3.14. The first-order valence-electron chi connectivity index (χ1n) is 9.41. The number of ether oxygens (including phenoxy) is 1. The van der Waals surface area contributed by atoms with Crippen molar-refractivity contribution in [3.63, 3.8) is 0 Å². The van der Waals surface area contributed by atoms with Gasteiger partial charge in [-0.25, -0.2) is 9.67 Å². The lowest BCUT2D eigenvalue weighted by Gasteiger charge is -2.16. The van der Waals surface area contributed by atoms with Crippen LogP contribution in [0.4, 0.5) is 0 Å². The molecular weight excluding hydrogens is 352 g/mol. The van der Waals surface area contributed by atoms with Crippen LogP contribution in [0.2, 0.25) is 0 Å². The van der Waals surface area contributed by atoms with Gasteiger partial charge in [0.1, 0.15) is 18.4 Å². The Balaban J connectivity index is 1.57. The number of carbonyl (C=O) groups is 1. The molecule has 1 N–H and O–H groups in total. The van der Waals surface area contributed by atoms with E-state index in [0.717, 1.165) is 22.6 Å². The van der Waals surface area contributed by atoms with Crippen molar-refractivity contribution in [3.8, 4) is 11.4 Å². The monoisotopic (exact) mass is 378 g/mol. The molecule has 1 amide bonds. The van der Waals surface area contributed by atoms with Crippen molar-refractivity contribution in [3.05, 3.63) is 71.8 Å². The van der Waals surface area contributed by atoms with Crippen LogP contribution in [0.5, 0.6) is 5.75 Å². The van der Waals surface area contributed by atoms with Crippen LogP contribution in [0.3, 0.4) is 0 Å². The summed E-state index contributed by atoms with van der Waals surface area (Å²) in [5.41, 5.74) is 4.15. The van der Waals surface area contributed by atoms with Gasteiger partial charge in [-0.15, -0.1) is 0 Å². The Morgan fingerprint density at radius 2 is 1.82 bits per heavy atom. The fraction of sp³-hybridized carbons (Fsp3) is 0.318. The van der Waals surface area contributed by atoms with Crippen molar-refractivity contribution in [1.29, 1.82) is 0 Å². The Morgan fingerprint density at radius 3 is 2.46 bits per heavy atom. The molecule has 3 rings (SSSR count). The maximum absolute atomic E-state index is 12.3. The van der Waals surface area contributed by atoms with Gasteiger partial charge in [-0.2, -0.15) is 5.10 Å². The lowest BCUT2D eigenvalue weighted by Crippen LogP contribution is -2.31. The van der Waals surface area contributed by atoms with Gasteiger partial charge in [-0.1, -0.05) is 38.1 Å². The van der Waals surface area contributed by atoms with Gasteiger partial charge in [0.2, 0.25) is 0 Å². The highest BCUT2D eigenvalue weighted by atomic mass is 16.5. The molecule has 0 aliphatic rings. The van der Waals surface area contributed by atoms with Gasteiger partial charge in [0.05, 0.1) is 11.7 Å². The molecule has 3 aromatic rings. The predicted molar refractivity (Wildman–Crippen MR) is 109 cm³/mol. The van der Waals surface area contributed by atoms with E-state index >= 15 is 0 Å². The number of nitrogens with one attached hydrogen (secondary N) is 1. The van der Waals surface area contributed by atoms with Gasteiger partial charge in [0.25, 0.3) is 5.91 Å². The molecule has 1 aromatic heterocycles. The average molecular weight is 378 g/mol. The number of rotatable bonds is 7. The molecule has 1 heterocycles. The van der Waals surface area contributed by atoms with E-state index < -0.39 is 0 Å². The molecule has 6 heteroatoms. The van der Waals surface area contributed by atoms with Gasteiger partial charge >= 0.3 is 0 Å². The summed E-state index contributed by atoms with van der Waals surface area (Å²) in [5, 5.41) is 7.08. The molecule has 6 nitrogen and oxygen atoms in total. The van der Waals surface area contributed by atoms with Gasteiger partial charge in [-0.3, -0.25) is 4.79 Å². The molecule has 0 bridgehead atoms. The summed E-state index contributed by atoms with van der Waals surface area (Å²) in [6, 6.07) is 13.9. The second kappa shape index (κ2) is 8.69. The van der Waals surface area contributed by atoms with Crippen molar-refractivity contribution in [2.24, 2.45) is 0 Å². The van der Waals surface area contributed by atoms with Crippen LogP contribution in [0, 0.1) is 6.92 Å². The number of carbonyl (C=O) groups excluding carboxylic acids is 1. The number of benzene rings is 2. The zero-order chi connectivity index (χ0) is 20.1. The number of hydrogen-bond acceptors (Lipinski definition) is 4. The van der Waals surface area contributed by atoms with E-state index in [2.05, 4.69) is 35.3 Å². The van der Waals surface area contributed by atoms with E-state index in [9.17, 15) is 4.79 Å². The Hall–Kier alpha value is -3.15. The first-order chi connectivity index (χ1) is 13.4. The van der Waals surface area contributed by atoms with Crippen LogP contribution in [0.1, 0.15) is 49.4 Å². The summed E-state index contributed by atoms with van der Waals surface area (Å²) in [7, 11) is 0. The molecule has 0 fully saturated rings. The molecular formula is C22H26N4O2. The molecule has 0 saturated carbocycles. The third-order valence-electron chi connectivity index (χ3n) is 4.69. The number of aromatic nitrogens is 3. The molecule has 0 aliphatic heterocycles. The van der Waals surface area contributed by atoms with Gasteiger partial charge in [-0.05, 0) is 54.7 Å². The summed E-state index contributed by atoms with van der Waals surface area (Å²) >= 11 is 0. The molecule has 2 aromatic carbocycles. The summed E-state index contributed by atoms with van der Waals surface area (Å²) in [6.45, 7) is 8.20. The van der Waals surface area contributed by atoms with Crippen molar-refractivity contribution < 1.29 is 9.53 Å². The molecule has 146 valence electrons. The standard InChI is InChI=1S/C22H26N4O2/c1-15(2)19-6-5-16(3)21(11-19)28-12-22(27)25-17(4)18-7-9-20(10-8-18)26-14-23-13-24-26/h5-11,13-15,17H,12H2,1-4H3,(H,25,27)/t17-/m0/s1. The largest absolute Gasteiger partial charge is 0.483 e. The number of nitrogens with zero attached hydrogens (tertiary/aromatic N) is 3. The molecule has 0 radical (unpaired) electrons. The number of aryl methyl sites for hydroxylation is 1. The van der Waals surface area contributed by atoms with E-state index in [1.54, 1.807) is 11.0 Å². The third-order valence-corrected chi connectivity index (χ3v) is 4.69. The second-order valence-electron chi connectivity index (χ2n) is 7.19. The quantitative estimate of drug-likeness (QED) is 0.676. The van der Waals surface area contributed by atoms with Crippen molar-refractivity contribution in [2.45, 2.75) is 39.7 Å². The van der Waals surface area contributed by atoms with Crippen LogP contribution < -0.4 is 10.1 Å². The first-order valence-corrected chi connectivity index (χ1v) is 9.41. The van der Waals surface area contributed by atoms with Crippen LogP contribution in [0.15, 0.2) is 55.1 Å². The Morgan fingerprint density at radius 1 is 1.11 bits per heavy atom. The lowest BCUT2D eigenvalue weighted by atomic mass is 10.0. The molecule has 0 unspecified atom stereocenters. The van der Waals surface area contributed by atoms with E-state index in [1.807, 2.05) is 50.2 Å². The van der Waals surface area contributed by atoms with E-state index in [-0.39, 0.29) is 18.6 Å². The molecule has 0 saturated heterocycles. The maximum Gasteiger partial charge on any atom is 0.258 e. The summed E-state index contributed by atoms with van der Waals surface area (Å²) < 4.78 is 7.45. The fourth-order valence-electron chi connectivity index (χ4n) is 2.90. The fourth-order valence-corrected chi connectivity index (χ4v) is 2.90. The van der Waals surface area contributed by atoms with Crippen LogP contribution in [0.25, 0.3) is 5.69 Å². The SMILES string of the molecule is Cc1ccc(C(C)C)cc1OCC(=O)N[C@@H](C)c1ccc(-n2cncn2)cc1. The number of hydrogen-bond donors (Lipinski definition) is 1. The highest BCUT2D eigenvalue weighted by Crippen LogP contribution is 2.24. The summed E-state index contributed by atoms with van der Waals surface area (Å²) in [5.74, 6) is 1.02. The van der Waals surface area contributed by atoms with Crippen LogP contribution in [-0.2, 0) is 4.79 Å². The van der Waals surface area contributed by atoms with Crippen molar-refractivity contribution in [2.75, 3.05) is 6.61 Å². The highest BCUT2D eigenvalue weighted by molar-refractivity contribution is 5.78. The lowest BCUT2D eigenvalue weighted by molar-refractivity contribution is -0.123. The Kier molecular flexibility index (Phi) is 6.09. The molecule has 0 aliphatic carbocycles. The molecule has 0 spiro atoms. The maximum atomic E-state index is 12.3. The van der Waals surface area contributed by atoms with Gasteiger partial charge < -0.3 is 10.1 Å². The van der Waals surface area contributed by atoms with Crippen LogP contribution >= 0.6 is 0 Å². The smallest absolute Gasteiger partial charge is 0.258 e. The van der Waals surface area contributed by atoms with E-state index in [1.165, 1.54) is 11.9 Å². The highest BCUT2D eigenvalue weighted by Gasteiger charge is 2.12. The van der Waals surface area contributed by atoms with E-state index in [0.29, 0.717) is 5.92 Å². The van der Waals surface area contributed by atoms with Crippen LogP contribution in [-0.4, -0.2) is 27.3 Å². The van der Waals surface area contributed by atoms with Crippen molar-refractivity contribution >= 4 is 5.91 Å². The number of amides is 1.